The number of hydrogen-bond donors (Lipinski definition) is 1. The predicted octanol–water partition coefficient (Wildman–Crippen LogP) is 5.15. The van der Waals surface area contributed by atoms with Crippen LogP contribution in [0.15, 0.2) is 55.0 Å². The second kappa shape index (κ2) is 8.18. The van der Waals surface area contributed by atoms with Crippen LogP contribution in [0.4, 0.5) is 8.78 Å². The van der Waals surface area contributed by atoms with Gasteiger partial charge in [0.05, 0.1) is 0 Å². The van der Waals surface area contributed by atoms with Crippen molar-refractivity contribution in [2.75, 3.05) is 13.1 Å². The zero-order chi connectivity index (χ0) is 22.2. The lowest BCUT2D eigenvalue weighted by atomic mass is 9.89. The van der Waals surface area contributed by atoms with Crippen LogP contribution in [0.2, 0.25) is 0 Å². The molecule has 0 saturated carbocycles. The number of pyridine rings is 1. The highest BCUT2D eigenvalue weighted by Crippen LogP contribution is 2.39. The first-order valence-electron chi connectivity index (χ1n) is 10.7. The Kier molecular flexibility index (Phi) is 5.20. The summed E-state index contributed by atoms with van der Waals surface area (Å²) < 4.78 is 27.0. The summed E-state index contributed by atoms with van der Waals surface area (Å²) in [6.07, 6.45) is 6.49. The number of halogens is 2. The van der Waals surface area contributed by atoms with Gasteiger partial charge in [-0.2, -0.15) is 18.6 Å². The number of carbonyl (C=O) groups excluding carboxylic acids is 1. The van der Waals surface area contributed by atoms with E-state index in [1.807, 2.05) is 12.1 Å². The quantitative estimate of drug-likeness (QED) is 0.482. The minimum atomic E-state index is -2.85. The molecule has 1 unspecified atom stereocenters. The number of rotatable bonds is 4. The average Bonchev–Trinajstić information content (AvgIpc) is 3.44. The number of alkyl halides is 2. The Morgan fingerprint density at radius 2 is 1.97 bits per heavy atom. The van der Waals surface area contributed by atoms with Gasteiger partial charge in [-0.05, 0) is 55.7 Å². The molecular formula is C24H23F2N5O. The summed E-state index contributed by atoms with van der Waals surface area (Å²) in [5, 5.41) is 4.74. The van der Waals surface area contributed by atoms with Gasteiger partial charge in [0.25, 0.3) is 5.91 Å². The molecule has 0 bridgehead atoms. The van der Waals surface area contributed by atoms with Gasteiger partial charge in [-0.25, -0.2) is 0 Å². The second-order valence-electron chi connectivity index (χ2n) is 8.23. The molecule has 0 aliphatic carbocycles. The van der Waals surface area contributed by atoms with Crippen molar-refractivity contribution < 1.29 is 13.6 Å². The highest BCUT2D eigenvalue weighted by atomic mass is 19.3. The Morgan fingerprint density at radius 1 is 1.16 bits per heavy atom. The van der Waals surface area contributed by atoms with Gasteiger partial charge in [-0.3, -0.25) is 9.78 Å². The normalized spacial score (nSPS) is 16.8. The molecule has 8 heteroatoms. The van der Waals surface area contributed by atoms with Crippen molar-refractivity contribution in [3.05, 3.63) is 71.9 Å². The number of fused-ring (bicyclic) bond motifs is 1. The van der Waals surface area contributed by atoms with Crippen molar-refractivity contribution in [2.24, 2.45) is 0 Å². The molecule has 5 rings (SSSR count). The lowest BCUT2D eigenvalue weighted by Gasteiger charge is -2.33. The van der Waals surface area contributed by atoms with Crippen LogP contribution in [0.3, 0.4) is 0 Å². The zero-order valence-electron chi connectivity index (χ0n) is 17.6. The van der Waals surface area contributed by atoms with E-state index in [4.69, 9.17) is 0 Å². The molecule has 1 aliphatic heterocycles. The number of benzene rings is 1. The fraction of sp³-hybridized carbons (Fsp3) is 0.292. The van der Waals surface area contributed by atoms with Crippen molar-refractivity contribution in [2.45, 2.75) is 32.2 Å². The van der Waals surface area contributed by atoms with Gasteiger partial charge in [-0.1, -0.05) is 11.6 Å². The summed E-state index contributed by atoms with van der Waals surface area (Å²) in [7, 11) is 0. The van der Waals surface area contributed by atoms with Crippen LogP contribution in [-0.4, -0.2) is 43.6 Å². The maximum atomic E-state index is 13.2. The van der Waals surface area contributed by atoms with Crippen molar-refractivity contribution in [3.63, 3.8) is 0 Å². The summed E-state index contributed by atoms with van der Waals surface area (Å²) in [5.41, 5.74) is 5.36. The van der Waals surface area contributed by atoms with Crippen LogP contribution in [-0.2, 0) is 0 Å². The molecule has 3 aromatic heterocycles. The molecule has 0 radical (unpaired) electrons. The van der Waals surface area contributed by atoms with Crippen LogP contribution in [0.25, 0.3) is 22.0 Å². The Hall–Kier alpha value is -3.55. The predicted molar refractivity (Wildman–Crippen MR) is 118 cm³/mol. The Bertz CT molecular complexity index is 1260. The van der Waals surface area contributed by atoms with Gasteiger partial charge in [0, 0.05) is 59.8 Å². The average molecular weight is 435 g/mol. The molecule has 1 fully saturated rings. The second-order valence-corrected chi connectivity index (χ2v) is 8.23. The van der Waals surface area contributed by atoms with E-state index in [-0.39, 0.29) is 11.6 Å². The number of nitrogens with zero attached hydrogens (tertiary/aromatic N) is 4. The van der Waals surface area contributed by atoms with Crippen molar-refractivity contribution in [1.82, 2.24) is 24.6 Å². The molecule has 164 valence electrons. The monoisotopic (exact) mass is 435 g/mol. The van der Waals surface area contributed by atoms with E-state index in [9.17, 15) is 13.6 Å². The third-order valence-electron chi connectivity index (χ3n) is 6.14. The molecule has 1 saturated heterocycles. The van der Waals surface area contributed by atoms with E-state index in [1.54, 1.807) is 17.3 Å². The van der Waals surface area contributed by atoms with Crippen molar-refractivity contribution >= 4 is 16.8 Å². The fourth-order valence-electron chi connectivity index (χ4n) is 4.66. The number of nitrogens with one attached hydrogen (secondary N) is 1. The van der Waals surface area contributed by atoms with Gasteiger partial charge in [0.2, 0.25) is 0 Å². The van der Waals surface area contributed by atoms with Gasteiger partial charge >= 0.3 is 6.55 Å². The first-order chi connectivity index (χ1) is 15.5. The van der Waals surface area contributed by atoms with Crippen LogP contribution >= 0.6 is 0 Å². The number of H-pyrrole nitrogens is 1. The van der Waals surface area contributed by atoms with E-state index in [0.29, 0.717) is 17.8 Å². The number of piperidine rings is 1. The number of amides is 1. The van der Waals surface area contributed by atoms with Gasteiger partial charge < -0.3 is 9.88 Å². The number of aromatic amines is 1. The Balaban J connectivity index is 1.53. The van der Waals surface area contributed by atoms with E-state index in [2.05, 4.69) is 40.2 Å². The van der Waals surface area contributed by atoms with Gasteiger partial charge in [0.1, 0.15) is 5.69 Å². The molecule has 1 aliphatic rings. The third-order valence-corrected chi connectivity index (χ3v) is 6.14. The molecule has 4 aromatic rings. The lowest BCUT2D eigenvalue weighted by Crippen LogP contribution is -2.40. The first kappa shape index (κ1) is 20.4. The summed E-state index contributed by atoms with van der Waals surface area (Å²) in [4.78, 5) is 22.4. The summed E-state index contributed by atoms with van der Waals surface area (Å²) in [6.45, 7) is 0.209. The van der Waals surface area contributed by atoms with E-state index in [1.165, 1.54) is 17.8 Å². The Morgan fingerprint density at radius 3 is 2.75 bits per heavy atom. The first-order valence-corrected chi connectivity index (χ1v) is 10.7. The van der Waals surface area contributed by atoms with E-state index in [0.717, 1.165) is 40.6 Å². The fourth-order valence-corrected chi connectivity index (χ4v) is 4.66. The molecule has 32 heavy (non-hydrogen) atoms. The van der Waals surface area contributed by atoms with Crippen molar-refractivity contribution in [3.8, 4) is 11.1 Å². The molecule has 1 aromatic carbocycles. The SMILES string of the molecule is Cc1ccc2[nH]c(C3CCCN(C(=O)c4ccnn4C(F)F)C3)c(-c3ccncc3)c2c1. The maximum Gasteiger partial charge on any atom is 0.333 e. The van der Waals surface area contributed by atoms with Crippen LogP contribution in [0, 0.1) is 6.92 Å². The third kappa shape index (κ3) is 3.55. The molecule has 4 heterocycles. The molecule has 0 spiro atoms. The highest BCUT2D eigenvalue weighted by Gasteiger charge is 2.31. The topological polar surface area (TPSA) is 66.8 Å². The van der Waals surface area contributed by atoms with Gasteiger partial charge in [0.15, 0.2) is 0 Å². The number of likely N-dealkylation sites (tertiary alicyclic amines) is 1. The zero-order valence-corrected chi connectivity index (χ0v) is 17.6. The standard InChI is InChI=1S/C24H23F2N5O/c1-15-4-5-19-18(13-15)21(16-6-9-27-10-7-16)22(29-19)17-3-2-12-30(14-17)23(32)20-8-11-28-31(20)24(25)26/h4-11,13,17,24,29H,2-3,12,14H2,1H3. The number of aromatic nitrogens is 4. The van der Waals surface area contributed by atoms with Crippen LogP contribution < -0.4 is 0 Å². The van der Waals surface area contributed by atoms with Gasteiger partial charge in [-0.15, -0.1) is 0 Å². The maximum absolute atomic E-state index is 13.2. The van der Waals surface area contributed by atoms with Crippen LogP contribution in [0.5, 0.6) is 0 Å². The van der Waals surface area contributed by atoms with Crippen LogP contribution in [0.1, 0.15) is 47.1 Å². The van der Waals surface area contributed by atoms with Crippen molar-refractivity contribution in [1.29, 1.82) is 0 Å². The number of aryl methyl sites for hydroxylation is 1. The summed E-state index contributed by atoms with van der Waals surface area (Å²) >= 11 is 0. The number of hydrogen-bond acceptors (Lipinski definition) is 3. The smallest absolute Gasteiger partial charge is 0.333 e. The van der Waals surface area contributed by atoms with E-state index < -0.39 is 12.5 Å². The summed E-state index contributed by atoms with van der Waals surface area (Å²) in [5.74, 6) is -0.351. The highest BCUT2D eigenvalue weighted by molar-refractivity contribution is 5.98. The lowest BCUT2D eigenvalue weighted by molar-refractivity contribution is 0.0449. The minimum absolute atomic E-state index is 0.0616. The number of carbonyl (C=O) groups is 1. The molecule has 6 nitrogen and oxygen atoms in total. The molecule has 1 atom stereocenters. The molecule has 1 amide bonds. The van der Waals surface area contributed by atoms with E-state index >= 15 is 0 Å². The largest absolute Gasteiger partial charge is 0.358 e. The minimum Gasteiger partial charge on any atom is -0.358 e. The molecule has 1 N–H and O–H groups in total. The Labute approximate surface area is 183 Å². The summed E-state index contributed by atoms with van der Waals surface area (Å²) in [6, 6.07) is 11.6. The molecular weight excluding hydrogens is 412 g/mol.